The fraction of sp³-hybridized carbons (Fsp3) is 0.528. The number of rotatable bonds is 7. The molecule has 0 aliphatic carbocycles. The summed E-state index contributed by atoms with van der Waals surface area (Å²) in [5.41, 5.74) is -0.362. The van der Waals surface area contributed by atoms with E-state index < -0.39 is 47.7 Å². The second-order valence-electron chi connectivity index (χ2n) is 13.0. The number of likely N-dealkylation sites (tertiary alicyclic amines) is 1. The SMILES string of the molecule is CC1(C)NC(=O)C[C@@H](C(=O)NCCCN2CCCCCC2)NC(=O)c2ccccc2OCCCNC(=O)[C@H](Cc2ccccc2)NC1=O. The highest BCUT2D eigenvalue weighted by atomic mass is 16.5. The number of para-hydroxylation sites is 1. The number of nitrogens with zero attached hydrogens (tertiary/aromatic N) is 1. The first-order valence-electron chi connectivity index (χ1n) is 17.1. The van der Waals surface area contributed by atoms with E-state index in [1.807, 2.05) is 30.3 Å². The van der Waals surface area contributed by atoms with Crippen molar-refractivity contribution in [3.63, 3.8) is 0 Å². The molecule has 2 aliphatic rings. The highest BCUT2D eigenvalue weighted by molar-refractivity contribution is 6.01. The van der Waals surface area contributed by atoms with E-state index in [9.17, 15) is 24.0 Å². The number of amides is 5. The van der Waals surface area contributed by atoms with Gasteiger partial charge in [0.05, 0.1) is 18.6 Å². The van der Waals surface area contributed by atoms with E-state index in [1.165, 1.54) is 39.5 Å². The Morgan fingerprint density at radius 2 is 1.62 bits per heavy atom. The molecule has 5 N–H and O–H groups in total. The molecule has 0 unspecified atom stereocenters. The average Bonchev–Trinajstić information content (AvgIpc) is 3.34. The summed E-state index contributed by atoms with van der Waals surface area (Å²) in [4.78, 5) is 69.4. The Morgan fingerprint density at radius 1 is 0.917 bits per heavy atom. The number of benzene rings is 2. The molecule has 48 heavy (non-hydrogen) atoms. The molecule has 12 heteroatoms. The fourth-order valence-electron chi connectivity index (χ4n) is 5.85. The third-order valence-electron chi connectivity index (χ3n) is 8.59. The van der Waals surface area contributed by atoms with Crippen LogP contribution in [0.15, 0.2) is 54.6 Å². The van der Waals surface area contributed by atoms with Crippen LogP contribution in [0.1, 0.15) is 74.7 Å². The minimum absolute atomic E-state index is 0.205. The lowest BCUT2D eigenvalue weighted by molar-refractivity contribution is -0.135. The van der Waals surface area contributed by atoms with Crippen LogP contribution in [-0.4, -0.2) is 91.4 Å². The maximum atomic E-state index is 13.5. The molecule has 0 bridgehead atoms. The van der Waals surface area contributed by atoms with Gasteiger partial charge in [0.25, 0.3) is 5.91 Å². The largest absolute Gasteiger partial charge is 0.493 e. The summed E-state index contributed by atoms with van der Waals surface area (Å²) < 4.78 is 5.90. The number of fused-ring (bicyclic) bond motifs is 1. The van der Waals surface area contributed by atoms with Crippen LogP contribution in [0.2, 0.25) is 0 Å². The predicted octanol–water partition coefficient (Wildman–Crippen LogP) is 2.08. The summed E-state index contributed by atoms with van der Waals surface area (Å²) in [5.74, 6) is -2.30. The maximum absolute atomic E-state index is 13.5. The second-order valence-corrected chi connectivity index (χ2v) is 13.0. The summed E-state index contributed by atoms with van der Waals surface area (Å²) in [5, 5.41) is 14.0. The van der Waals surface area contributed by atoms with Crippen molar-refractivity contribution in [3.05, 3.63) is 65.7 Å². The molecule has 4 rings (SSSR count). The first-order valence-corrected chi connectivity index (χ1v) is 17.1. The number of ether oxygens (including phenoxy) is 1. The lowest BCUT2D eigenvalue weighted by Crippen LogP contribution is -2.60. The van der Waals surface area contributed by atoms with Gasteiger partial charge in [-0.05, 0) is 76.9 Å². The molecule has 0 aromatic heterocycles. The summed E-state index contributed by atoms with van der Waals surface area (Å²) in [7, 11) is 0. The normalized spacial score (nSPS) is 21.8. The van der Waals surface area contributed by atoms with Crippen LogP contribution < -0.4 is 31.3 Å². The van der Waals surface area contributed by atoms with Gasteiger partial charge in [-0.15, -0.1) is 0 Å². The molecule has 5 amide bonds. The van der Waals surface area contributed by atoms with Gasteiger partial charge in [-0.1, -0.05) is 55.3 Å². The van der Waals surface area contributed by atoms with Gasteiger partial charge in [0, 0.05) is 19.5 Å². The molecule has 0 saturated carbocycles. The number of carbonyl (C=O) groups excluding carboxylic acids is 5. The van der Waals surface area contributed by atoms with Crippen molar-refractivity contribution < 1.29 is 28.7 Å². The summed E-state index contributed by atoms with van der Waals surface area (Å²) >= 11 is 0. The smallest absolute Gasteiger partial charge is 0.255 e. The molecule has 2 aliphatic heterocycles. The molecule has 2 heterocycles. The molecule has 260 valence electrons. The van der Waals surface area contributed by atoms with Crippen LogP contribution in [-0.2, 0) is 25.6 Å². The van der Waals surface area contributed by atoms with Crippen molar-refractivity contribution in [1.29, 1.82) is 0 Å². The molecule has 2 aromatic rings. The van der Waals surface area contributed by atoms with Crippen molar-refractivity contribution in [2.24, 2.45) is 0 Å². The molecule has 0 spiro atoms. The van der Waals surface area contributed by atoms with Crippen LogP contribution in [0.3, 0.4) is 0 Å². The lowest BCUT2D eigenvalue weighted by atomic mass is 10.00. The van der Waals surface area contributed by atoms with Gasteiger partial charge in [0.2, 0.25) is 23.6 Å². The van der Waals surface area contributed by atoms with Crippen molar-refractivity contribution in [2.45, 2.75) is 82.8 Å². The highest BCUT2D eigenvalue weighted by Gasteiger charge is 2.35. The van der Waals surface area contributed by atoms with Crippen molar-refractivity contribution in [1.82, 2.24) is 31.5 Å². The second kappa shape index (κ2) is 18.2. The van der Waals surface area contributed by atoms with E-state index in [0.717, 1.165) is 31.6 Å². The highest BCUT2D eigenvalue weighted by Crippen LogP contribution is 2.19. The topological polar surface area (TPSA) is 158 Å². The number of hydrogen-bond donors (Lipinski definition) is 5. The Hall–Kier alpha value is -4.45. The fourth-order valence-corrected chi connectivity index (χ4v) is 5.85. The molecule has 12 nitrogen and oxygen atoms in total. The lowest BCUT2D eigenvalue weighted by Gasteiger charge is -2.29. The molecule has 2 aromatic carbocycles. The summed E-state index contributed by atoms with van der Waals surface area (Å²) in [6.07, 6.45) is 5.86. The quantitative estimate of drug-likeness (QED) is 0.284. The maximum Gasteiger partial charge on any atom is 0.255 e. The van der Waals surface area contributed by atoms with E-state index in [4.69, 9.17) is 4.74 Å². The Labute approximate surface area is 283 Å². The predicted molar refractivity (Wildman–Crippen MR) is 182 cm³/mol. The summed E-state index contributed by atoms with van der Waals surface area (Å²) in [6, 6.07) is 13.9. The Balaban J connectivity index is 1.50. The van der Waals surface area contributed by atoms with E-state index in [0.29, 0.717) is 18.7 Å². The number of nitrogens with one attached hydrogen (secondary N) is 5. The van der Waals surface area contributed by atoms with Gasteiger partial charge in [-0.2, -0.15) is 0 Å². The van der Waals surface area contributed by atoms with Gasteiger partial charge in [0.15, 0.2) is 0 Å². The van der Waals surface area contributed by atoms with Crippen LogP contribution in [0.4, 0.5) is 0 Å². The van der Waals surface area contributed by atoms with E-state index in [-0.39, 0.29) is 31.0 Å². The third-order valence-corrected chi connectivity index (χ3v) is 8.59. The zero-order valence-corrected chi connectivity index (χ0v) is 28.1. The zero-order valence-electron chi connectivity index (χ0n) is 28.1. The minimum atomic E-state index is -1.43. The van der Waals surface area contributed by atoms with Gasteiger partial charge in [0.1, 0.15) is 23.4 Å². The minimum Gasteiger partial charge on any atom is -0.493 e. The number of carbonyl (C=O) groups is 5. The zero-order chi connectivity index (χ0) is 34.4. The molecular formula is C36H50N6O6. The molecule has 2 atom stereocenters. The first kappa shape index (κ1) is 36.4. The van der Waals surface area contributed by atoms with E-state index >= 15 is 0 Å². The molecule has 0 radical (unpaired) electrons. The Bertz CT molecular complexity index is 1390. The van der Waals surface area contributed by atoms with Gasteiger partial charge >= 0.3 is 0 Å². The van der Waals surface area contributed by atoms with Gasteiger partial charge < -0.3 is 36.2 Å². The Kier molecular flexibility index (Phi) is 13.8. The van der Waals surface area contributed by atoms with Crippen LogP contribution in [0.5, 0.6) is 5.75 Å². The number of hydrogen-bond acceptors (Lipinski definition) is 7. The average molecular weight is 663 g/mol. The molecular weight excluding hydrogens is 612 g/mol. The van der Waals surface area contributed by atoms with Gasteiger partial charge in [-0.3, -0.25) is 24.0 Å². The van der Waals surface area contributed by atoms with Crippen molar-refractivity contribution in [3.8, 4) is 5.75 Å². The van der Waals surface area contributed by atoms with Crippen LogP contribution in [0.25, 0.3) is 0 Å². The van der Waals surface area contributed by atoms with E-state index in [1.54, 1.807) is 24.3 Å². The molecule has 1 fully saturated rings. The van der Waals surface area contributed by atoms with Gasteiger partial charge in [-0.25, -0.2) is 0 Å². The van der Waals surface area contributed by atoms with Crippen LogP contribution in [0, 0.1) is 0 Å². The van der Waals surface area contributed by atoms with Crippen molar-refractivity contribution in [2.75, 3.05) is 39.3 Å². The third kappa shape index (κ3) is 11.4. The van der Waals surface area contributed by atoms with Crippen molar-refractivity contribution >= 4 is 29.5 Å². The summed E-state index contributed by atoms with van der Waals surface area (Å²) in [6.45, 7) is 6.88. The first-order chi connectivity index (χ1) is 23.1. The monoisotopic (exact) mass is 662 g/mol. The standard InChI is InChI=1S/C36H50N6O6/c1-36(2)35(47)40-28(24-26-14-6-5-7-15-26)33(45)38-19-13-23-48-30-17-9-8-16-27(30)32(44)39-29(25-31(43)41-36)34(46)37-18-12-22-42-20-10-3-4-11-21-42/h5-9,14-17,28-29H,3-4,10-13,18-25H2,1-2H3,(H,37,46)(H,38,45)(H,39,44)(H,40,47)(H,41,43)/t28-,29-/m0/s1. The van der Waals surface area contributed by atoms with Crippen LogP contribution >= 0.6 is 0 Å². The molecule has 1 saturated heterocycles. The van der Waals surface area contributed by atoms with E-state index in [2.05, 4.69) is 31.5 Å². The Morgan fingerprint density at radius 3 is 2.38 bits per heavy atom.